The van der Waals surface area contributed by atoms with Crippen molar-refractivity contribution in [1.29, 1.82) is 0 Å². The van der Waals surface area contributed by atoms with Crippen LogP contribution in [0.5, 0.6) is 0 Å². The molecule has 0 amide bonds. The summed E-state index contributed by atoms with van der Waals surface area (Å²) in [6.07, 6.45) is 0. The van der Waals surface area contributed by atoms with E-state index < -0.39 is 5.82 Å². The monoisotopic (exact) mass is 285 g/mol. The lowest BCUT2D eigenvalue weighted by Gasteiger charge is -2.08. The molecule has 18 heavy (non-hydrogen) atoms. The fourth-order valence-electron chi connectivity index (χ4n) is 1.28. The van der Waals surface area contributed by atoms with Gasteiger partial charge in [0.15, 0.2) is 10.9 Å². The van der Waals surface area contributed by atoms with Crippen molar-refractivity contribution in [1.82, 2.24) is 5.16 Å². The Labute approximate surface area is 113 Å². The van der Waals surface area contributed by atoms with Crippen LogP contribution in [0.15, 0.2) is 28.8 Å². The Balaban J connectivity index is 2.00. The molecule has 7 heteroatoms. The fourth-order valence-corrected chi connectivity index (χ4v) is 1.68. The van der Waals surface area contributed by atoms with Crippen LogP contribution in [-0.4, -0.2) is 10.3 Å². The lowest BCUT2D eigenvalue weighted by Crippen LogP contribution is -2.19. The summed E-state index contributed by atoms with van der Waals surface area (Å²) in [7, 11) is 0. The third-order valence-electron chi connectivity index (χ3n) is 2.05. The van der Waals surface area contributed by atoms with Crippen LogP contribution in [0.2, 0.25) is 5.02 Å². The number of aromatic nitrogens is 1. The Morgan fingerprint density at radius 3 is 2.78 bits per heavy atom. The molecular formula is C11H9ClFN3OS. The van der Waals surface area contributed by atoms with Crippen molar-refractivity contribution in [3.8, 4) is 0 Å². The van der Waals surface area contributed by atoms with Gasteiger partial charge in [0.1, 0.15) is 11.6 Å². The Morgan fingerprint density at radius 1 is 1.39 bits per heavy atom. The molecule has 2 aromatic rings. The summed E-state index contributed by atoms with van der Waals surface area (Å²) in [6, 6.07) is 5.93. The highest BCUT2D eigenvalue weighted by atomic mass is 35.5. The zero-order chi connectivity index (χ0) is 13.1. The van der Waals surface area contributed by atoms with Crippen molar-refractivity contribution in [3.63, 3.8) is 0 Å². The minimum atomic E-state index is -0.478. The van der Waals surface area contributed by atoms with Crippen molar-refractivity contribution in [2.24, 2.45) is 0 Å². The molecule has 2 N–H and O–H groups in total. The maximum absolute atomic E-state index is 13.0. The molecule has 1 aromatic heterocycles. The van der Waals surface area contributed by atoms with Gasteiger partial charge in [-0.25, -0.2) is 4.39 Å². The number of rotatable bonds is 2. The van der Waals surface area contributed by atoms with Crippen LogP contribution in [0.3, 0.4) is 0 Å². The van der Waals surface area contributed by atoms with E-state index in [0.29, 0.717) is 22.4 Å². The van der Waals surface area contributed by atoms with Crippen molar-refractivity contribution in [2.45, 2.75) is 6.92 Å². The molecule has 4 nitrogen and oxygen atoms in total. The molecule has 0 aliphatic heterocycles. The van der Waals surface area contributed by atoms with Crippen molar-refractivity contribution >= 4 is 40.4 Å². The number of nitrogens with one attached hydrogen (secondary N) is 2. The smallest absolute Gasteiger partial charge is 0.176 e. The predicted molar refractivity (Wildman–Crippen MR) is 72.5 cm³/mol. The van der Waals surface area contributed by atoms with Gasteiger partial charge in [-0.2, -0.15) is 0 Å². The Kier molecular flexibility index (Phi) is 3.78. The molecule has 0 saturated heterocycles. The second kappa shape index (κ2) is 5.32. The summed E-state index contributed by atoms with van der Waals surface area (Å²) in [5.74, 6) is 0.691. The van der Waals surface area contributed by atoms with Crippen LogP contribution in [0, 0.1) is 12.7 Å². The average molecular weight is 286 g/mol. The first-order chi connectivity index (χ1) is 8.54. The van der Waals surface area contributed by atoms with E-state index >= 15 is 0 Å². The second-order valence-electron chi connectivity index (χ2n) is 3.53. The molecule has 0 saturated carbocycles. The molecule has 1 heterocycles. The summed E-state index contributed by atoms with van der Waals surface area (Å²) < 4.78 is 17.8. The lowest BCUT2D eigenvalue weighted by molar-refractivity contribution is 0.400. The summed E-state index contributed by atoms with van der Waals surface area (Å²) in [5.41, 5.74) is 0.583. The van der Waals surface area contributed by atoms with Crippen molar-refractivity contribution in [3.05, 3.63) is 40.9 Å². The van der Waals surface area contributed by atoms with Gasteiger partial charge in [-0.15, -0.1) is 0 Å². The van der Waals surface area contributed by atoms with Crippen LogP contribution in [0.1, 0.15) is 5.76 Å². The highest BCUT2D eigenvalue weighted by molar-refractivity contribution is 7.80. The fraction of sp³-hybridized carbons (Fsp3) is 0.0909. The number of benzene rings is 1. The van der Waals surface area contributed by atoms with Gasteiger partial charge in [0.05, 0.1) is 5.02 Å². The van der Waals surface area contributed by atoms with Crippen LogP contribution < -0.4 is 10.6 Å². The highest BCUT2D eigenvalue weighted by Gasteiger charge is 2.05. The quantitative estimate of drug-likeness (QED) is 0.826. The van der Waals surface area contributed by atoms with Gasteiger partial charge < -0.3 is 15.2 Å². The van der Waals surface area contributed by atoms with Gasteiger partial charge >= 0.3 is 0 Å². The maximum atomic E-state index is 13.0. The molecule has 0 unspecified atom stereocenters. The third-order valence-corrected chi connectivity index (χ3v) is 2.54. The van der Waals surface area contributed by atoms with Crippen LogP contribution in [0.25, 0.3) is 0 Å². The summed E-state index contributed by atoms with van der Waals surface area (Å²) >= 11 is 10.7. The van der Waals surface area contributed by atoms with Gasteiger partial charge in [-0.05, 0) is 37.3 Å². The number of nitrogens with zero attached hydrogens (tertiary/aromatic N) is 1. The van der Waals surface area contributed by atoms with Gasteiger partial charge in [-0.1, -0.05) is 16.8 Å². The summed E-state index contributed by atoms with van der Waals surface area (Å²) in [5, 5.41) is 9.75. The van der Waals surface area contributed by atoms with E-state index in [0.717, 1.165) is 0 Å². The number of anilines is 2. The topological polar surface area (TPSA) is 50.1 Å². The molecule has 0 fully saturated rings. The number of halogens is 2. The van der Waals surface area contributed by atoms with Crippen LogP contribution >= 0.6 is 23.8 Å². The highest BCUT2D eigenvalue weighted by Crippen LogP contribution is 2.19. The van der Waals surface area contributed by atoms with Gasteiger partial charge in [-0.3, -0.25) is 0 Å². The zero-order valence-corrected chi connectivity index (χ0v) is 10.9. The largest absolute Gasteiger partial charge is 0.360 e. The molecular weight excluding hydrogens is 277 g/mol. The van der Waals surface area contributed by atoms with E-state index in [9.17, 15) is 4.39 Å². The number of hydrogen-bond acceptors (Lipinski definition) is 3. The first-order valence-electron chi connectivity index (χ1n) is 5.01. The molecule has 2 rings (SSSR count). The average Bonchev–Trinajstić information content (AvgIpc) is 2.69. The minimum Gasteiger partial charge on any atom is -0.360 e. The van der Waals surface area contributed by atoms with E-state index in [-0.39, 0.29) is 5.02 Å². The minimum absolute atomic E-state index is 0.0279. The molecule has 0 spiro atoms. The molecule has 0 atom stereocenters. The molecule has 0 aliphatic rings. The molecule has 0 bridgehead atoms. The molecule has 0 aliphatic carbocycles. The summed E-state index contributed by atoms with van der Waals surface area (Å²) in [4.78, 5) is 0. The molecule has 94 valence electrons. The first kappa shape index (κ1) is 12.8. The van der Waals surface area contributed by atoms with Crippen LogP contribution in [0.4, 0.5) is 15.9 Å². The van der Waals surface area contributed by atoms with E-state index in [1.807, 2.05) is 0 Å². The number of aryl methyl sites for hydroxylation is 1. The maximum Gasteiger partial charge on any atom is 0.176 e. The Morgan fingerprint density at radius 2 is 2.17 bits per heavy atom. The number of thiocarbonyl (C=S) groups is 1. The second-order valence-corrected chi connectivity index (χ2v) is 4.35. The van der Waals surface area contributed by atoms with E-state index in [1.54, 1.807) is 13.0 Å². The van der Waals surface area contributed by atoms with E-state index in [4.69, 9.17) is 28.3 Å². The SMILES string of the molecule is Cc1cc(NC(=S)Nc2ccc(F)c(Cl)c2)no1. The van der Waals surface area contributed by atoms with Gasteiger partial charge in [0.25, 0.3) is 0 Å². The van der Waals surface area contributed by atoms with E-state index in [1.165, 1.54) is 18.2 Å². The van der Waals surface area contributed by atoms with Crippen molar-refractivity contribution in [2.75, 3.05) is 10.6 Å². The standard InChI is InChI=1S/C11H9ClFN3OS/c1-6-4-10(16-17-6)15-11(18)14-7-2-3-9(13)8(12)5-7/h2-5H,1H3,(H2,14,15,16,18). The predicted octanol–water partition coefficient (Wildman–Crippen LogP) is 3.58. The summed E-state index contributed by atoms with van der Waals surface area (Å²) in [6.45, 7) is 1.77. The van der Waals surface area contributed by atoms with Gasteiger partial charge in [0.2, 0.25) is 0 Å². The zero-order valence-electron chi connectivity index (χ0n) is 9.33. The van der Waals surface area contributed by atoms with E-state index in [2.05, 4.69) is 15.8 Å². The normalized spacial score (nSPS) is 10.2. The first-order valence-corrected chi connectivity index (χ1v) is 5.79. The lowest BCUT2D eigenvalue weighted by atomic mass is 10.3. The Hall–Kier alpha value is -1.66. The Bertz CT molecular complexity index is 587. The van der Waals surface area contributed by atoms with Crippen molar-refractivity contribution < 1.29 is 8.91 Å². The molecule has 1 aromatic carbocycles. The number of hydrogen-bond donors (Lipinski definition) is 2. The third kappa shape index (κ3) is 3.18. The molecule has 0 radical (unpaired) electrons. The van der Waals surface area contributed by atoms with Gasteiger partial charge in [0, 0.05) is 11.8 Å². The van der Waals surface area contributed by atoms with Crippen LogP contribution in [-0.2, 0) is 0 Å².